The van der Waals surface area contributed by atoms with Crippen LogP contribution < -0.4 is 0 Å². The fourth-order valence-electron chi connectivity index (χ4n) is 2.44. The highest BCUT2D eigenvalue weighted by Gasteiger charge is 2.20. The number of rotatable bonds is 4. The van der Waals surface area contributed by atoms with E-state index in [-0.39, 0.29) is 5.78 Å². The third-order valence-electron chi connectivity index (χ3n) is 3.44. The number of ketones is 1. The van der Waals surface area contributed by atoms with Crippen molar-refractivity contribution < 1.29 is 14.3 Å². The van der Waals surface area contributed by atoms with Gasteiger partial charge in [0.25, 0.3) is 0 Å². The summed E-state index contributed by atoms with van der Waals surface area (Å²) in [6.07, 6.45) is 1.77. The molecule has 0 atom stereocenters. The third-order valence-corrected chi connectivity index (χ3v) is 3.44. The van der Waals surface area contributed by atoms with Crippen molar-refractivity contribution in [1.29, 1.82) is 0 Å². The fraction of sp³-hybridized carbons (Fsp3) is 0.111. The highest BCUT2D eigenvalue weighted by molar-refractivity contribution is 6.11. The Morgan fingerprint density at radius 3 is 2.59 bits per heavy atom. The zero-order valence-corrected chi connectivity index (χ0v) is 12.2. The minimum absolute atomic E-state index is 0.127. The van der Waals surface area contributed by atoms with Crippen LogP contribution >= 0.6 is 0 Å². The maximum Gasteiger partial charge on any atom is 0.340 e. The fourth-order valence-corrected chi connectivity index (χ4v) is 2.44. The summed E-state index contributed by atoms with van der Waals surface area (Å²) in [6.45, 7) is 2.05. The molecule has 0 saturated heterocycles. The molecule has 0 N–H and O–H groups in total. The molecule has 1 aromatic carbocycles. The quantitative estimate of drug-likeness (QED) is 0.421. The smallest absolute Gasteiger partial charge is 0.340 e. The molecule has 0 aliphatic carbocycles. The topological polar surface area (TPSA) is 47.8 Å². The van der Waals surface area contributed by atoms with Gasteiger partial charge in [0.15, 0.2) is 0 Å². The van der Waals surface area contributed by atoms with Gasteiger partial charge in [-0.05, 0) is 25.1 Å². The molecule has 0 saturated carbocycles. The molecule has 4 nitrogen and oxygen atoms in total. The number of hydrogen-bond acceptors (Lipinski definition) is 3. The summed E-state index contributed by atoms with van der Waals surface area (Å²) in [4.78, 5) is 24.8. The second-order valence-electron chi connectivity index (χ2n) is 4.81. The molecule has 0 spiro atoms. The van der Waals surface area contributed by atoms with Crippen LogP contribution in [0.25, 0.3) is 5.52 Å². The van der Waals surface area contributed by atoms with Gasteiger partial charge < -0.3 is 9.14 Å². The summed E-state index contributed by atoms with van der Waals surface area (Å²) in [5.41, 5.74) is 2.10. The van der Waals surface area contributed by atoms with Crippen molar-refractivity contribution in [2.75, 3.05) is 6.61 Å². The highest BCUT2D eigenvalue weighted by Crippen LogP contribution is 2.20. The number of hydrogen-bond donors (Lipinski definition) is 0. The lowest BCUT2D eigenvalue weighted by molar-refractivity contribution is 0.0529. The van der Waals surface area contributed by atoms with E-state index < -0.39 is 5.97 Å². The number of esters is 1. The molecular formula is C18H15NO3. The van der Waals surface area contributed by atoms with Crippen molar-refractivity contribution in [2.24, 2.45) is 0 Å². The molecule has 0 unspecified atom stereocenters. The summed E-state index contributed by atoms with van der Waals surface area (Å²) in [6, 6.07) is 16.1. The Morgan fingerprint density at radius 1 is 1.14 bits per heavy atom. The predicted molar refractivity (Wildman–Crippen MR) is 83.2 cm³/mol. The average molecular weight is 295 g/mol. The summed E-state index contributed by atoms with van der Waals surface area (Å²) in [7, 11) is 0. The van der Waals surface area contributed by atoms with Crippen molar-refractivity contribution in [3.05, 3.63) is 77.6 Å². The van der Waals surface area contributed by atoms with Gasteiger partial charge in [-0.15, -0.1) is 0 Å². The lowest BCUT2D eigenvalue weighted by Gasteiger charge is -2.02. The molecule has 0 bridgehead atoms. The van der Waals surface area contributed by atoms with Gasteiger partial charge in [-0.1, -0.05) is 36.4 Å². The van der Waals surface area contributed by atoms with Gasteiger partial charge in [0.2, 0.25) is 5.78 Å². The zero-order valence-electron chi connectivity index (χ0n) is 12.2. The standard InChI is InChI=1S/C18H15NO3/c1-2-22-18(21)14-12-16(19-11-7-6-10-15(14)19)17(20)13-8-4-3-5-9-13/h3-12H,2H2,1H3/i20+2. The van der Waals surface area contributed by atoms with E-state index in [0.717, 1.165) is 0 Å². The van der Waals surface area contributed by atoms with Crippen molar-refractivity contribution in [2.45, 2.75) is 6.92 Å². The molecule has 0 aliphatic rings. The monoisotopic (exact) mass is 295 g/mol. The largest absolute Gasteiger partial charge is 0.462 e. The molecule has 2 aromatic heterocycles. The van der Waals surface area contributed by atoms with Crippen LogP contribution in [0.3, 0.4) is 0 Å². The first-order chi connectivity index (χ1) is 10.7. The predicted octanol–water partition coefficient (Wildman–Crippen LogP) is 3.35. The maximum atomic E-state index is 12.7. The second kappa shape index (κ2) is 5.85. The van der Waals surface area contributed by atoms with E-state index in [2.05, 4.69) is 0 Å². The summed E-state index contributed by atoms with van der Waals surface area (Å²) in [5.74, 6) is -0.546. The molecule has 110 valence electrons. The Labute approximate surface area is 128 Å². The van der Waals surface area contributed by atoms with Crippen LogP contribution in [-0.2, 0) is 4.74 Å². The highest BCUT2D eigenvalue weighted by atomic mass is 18.1. The minimum atomic E-state index is -0.418. The number of fused-ring (bicyclic) bond motifs is 1. The molecule has 3 aromatic rings. The van der Waals surface area contributed by atoms with E-state index in [9.17, 15) is 9.59 Å². The molecule has 0 radical (unpaired) electrons. The Balaban J connectivity index is 2.15. The van der Waals surface area contributed by atoms with Crippen LogP contribution in [0.2, 0.25) is 0 Å². The van der Waals surface area contributed by atoms with Gasteiger partial charge in [0.1, 0.15) is 0 Å². The molecule has 2 heterocycles. The molecule has 0 fully saturated rings. The normalized spacial score (nSPS) is 10.6. The van der Waals surface area contributed by atoms with Crippen LogP contribution in [-0.4, -0.2) is 22.8 Å². The SMILES string of the molecule is CCOC(=O)c1cc(C(=[18O])c2ccccc2)n2ccccc12. The van der Waals surface area contributed by atoms with Crippen LogP contribution in [0, 0.1) is 0 Å². The second-order valence-corrected chi connectivity index (χ2v) is 4.81. The van der Waals surface area contributed by atoms with E-state index in [4.69, 9.17) is 4.74 Å². The van der Waals surface area contributed by atoms with Crippen molar-refractivity contribution in [1.82, 2.24) is 4.40 Å². The van der Waals surface area contributed by atoms with Gasteiger partial charge >= 0.3 is 5.97 Å². The molecule has 0 amide bonds. The van der Waals surface area contributed by atoms with Crippen molar-refractivity contribution >= 4 is 17.3 Å². The van der Waals surface area contributed by atoms with E-state index in [1.54, 1.807) is 41.8 Å². The van der Waals surface area contributed by atoms with Crippen LogP contribution in [0.15, 0.2) is 60.8 Å². The first-order valence-electron chi connectivity index (χ1n) is 7.09. The third kappa shape index (κ3) is 2.39. The number of ether oxygens (including phenoxy) is 1. The molecule has 4 heteroatoms. The van der Waals surface area contributed by atoms with Gasteiger partial charge in [0.05, 0.1) is 23.4 Å². The summed E-state index contributed by atoms with van der Waals surface area (Å²) >= 11 is 0. The average Bonchev–Trinajstić information content (AvgIpc) is 2.95. The molecular weight excluding hydrogens is 280 g/mol. The lowest BCUT2D eigenvalue weighted by atomic mass is 10.1. The number of aromatic nitrogens is 1. The van der Waals surface area contributed by atoms with Gasteiger partial charge in [0, 0.05) is 11.8 Å². The summed E-state index contributed by atoms with van der Waals surface area (Å²) < 4.78 is 6.80. The van der Waals surface area contributed by atoms with E-state index >= 15 is 0 Å². The number of nitrogens with zero attached hydrogens (tertiary/aromatic N) is 1. The van der Waals surface area contributed by atoms with E-state index in [1.807, 2.05) is 30.3 Å². The van der Waals surface area contributed by atoms with E-state index in [1.165, 1.54) is 0 Å². The lowest BCUT2D eigenvalue weighted by Crippen LogP contribution is -2.04. The first kappa shape index (κ1) is 14.1. The Bertz CT molecular complexity index is 834. The summed E-state index contributed by atoms with van der Waals surface area (Å²) in [5, 5.41) is 0. The zero-order chi connectivity index (χ0) is 15.5. The Morgan fingerprint density at radius 2 is 1.86 bits per heavy atom. The van der Waals surface area contributed by atoms with Crippen LogP contribution in [0.4, 0.5) is 0 Å². The maximum absolute atomic E-state index is 12.7. The number of carbonyl (C=O) groups excluding carboxylic acids is 2. The van der Waals surface area contributed by atoms with Gasteiger partial charge in [-0.25, -0.2) is 4.79 Å². The van der Waals surface area contributed by atoms with E-state index in [0.29, 0.717) is 28.9 Å². The Kier molecular flexibility index (Phi) is 3.74. The van der Waals surface area contributed by atoms with Crippen molar-refractivity contribution in [3.8, 4) is 0 Å². The molecule has 22 heavy (non-hydrogen) atoms. The number of carbonyl (C=O) groups is 2. The van der Waals surface area contributed by atoms with Gasteiger partial charge in [-0.2, -0.15) is 0 Å². The minimum Gasteiger partial charge on any atom is -0.462 e. The van der Waals surface area contributed by atoms with Crippen molar-refractivity contribution in [3.63, 3.8) is 0 Å². The number of pyridine rings is 1. The molecule has 3 rings (SSSR count). The van der Waals surface area contributed by atoms with Crippen LogP contribution in [0.1, 0.15) is 33.3 Å². The Hall–Kier alpha value is -2.88. The molecule has 0 aliphatic heterocycles. The van der Waals surface area contributed by atoms with Crippen LogP contribution in [0.5, 0.6) is 0 Å². The van der Waals surface area contributed by atoms with Gasteiger partial charge in [-0.3, -0.25) is 4.79 Å². The first-order valence-corrected chi connectivity index (χ1v) is 7.09. The number of benzene rings is 1.